The van der Waals surface area contributed by atoms with E-state index >= 15 is 0 Å². The largest absolute Gasteiger partial charge is 0.493 e. The fourth-order valence-electron chi connectivity index (χ4n) is 4.11. The number of H-pyrrole nitrogens is 1. The van der Waals surface area contributed by atoms with Crippen molar-refractivity contribution >= 4 is 21.1 Å². The van der Waals surface area contributed by atoms with Gasteiger partial charge < -0.3 is 19.6 Å². The molecule has 37 heavy (non-hydrogen) atoms. The van der Waals surface area contributed by atoms with Crippen molar-refractivity contribution in [2.24, 2.45) is 7.05 Å². The van der Waals surface area contributed by atoms with Gasteiger partial charge in [-0.25, -0.2) is 13.4 Å². The van der Waals surface area contributed by atoms with Crippen LogP contribution >= 0.6 is 0 Å². The van der Waals surface area contributed by atoms with Crippen molar-refractivity contribution in [3.8, 4) is 17.1 Å². The van der Waals surface area contributed by atoms with Crippen LogP contribution in [0.4, 0.5) is 0 Å². The van der Waals surface area contributed by atoms with Crippen LogP contribution in [0.15, 0.2) is 27.9 Å². The molecule has 0 saturated heterocycles. The van der Waals surface area contributed by atoms with Gasteiger partial charge in [0.1, 0.15) is 17.1 Å². The van der Waals surface area contributed by atoms with Crippen LogP contribution in [-0.2, 0) is 28.2 Å². The summed E-state index contributed by atoms with van der Waals surface area (Å²) in [4.78, 5) is 20.6. The molecule has 0 atom stereocenters. The number of ether oxygens (including phenoxy) is 2. The van der Waals surface area contributed by atoms with Crippen LogP contribution in [0.3, 0.4) is 0 Å². The van der Waals surface area contributed by atoms with Crippen LogP contribution in [0, 0.1) is 0 Å². The third-order valence-electron chi connectivity index (χ3n) is 5.88. The lowest BCUT2D eigenvalue weighted by Gasteiger charge is -2.22. The standard InChI is InChI=1S/C25H37N5O6S/c1-5-9-20-22-23(29(3)28-20)25(32)27-24(26-22)19-17-18(10-11-21(19)36-15-6-2)37(33,34)30(12-7-14-31)13-8-16-35-4/h10-11,17,31H,5-9,12-16H2,1-4H3,(H,26,27,32). The normalized spacial score (nSPS) is 12.1. The number of hydrogen-bond donors (Lipinski definition) is 2. The predicted octanol–water partition coefficient (Wildman–Crippen LogP) is 2.47. The zero-order chi connectivity index (χ0) is 27.0. The Morgan fingerprint density at radius 1 is 1.14 bits per heavy atom. The van der Waals surface area contributed by atoms with Crippen molar-refractivity contribution in [1.29, 1.82) is 0 Å². The molecule has 0 saturated carbocycles. The topological polar surface area (TPSA) is 140 Å². The Morgan fingerprint density at radius 2 is 1.89 bits per heavy atom. The highest BCUT2D eigenvalue weighted by Gasteiger charge is 2.26. The number of hydrogen-bond acceptors (Lipinski definition) is 8. The molecule has 2 aromatic heterocycles. The number of methoxy groups -OCH3 is 1. The number of sulfonamides is 1. The Balaban J connectivity index is 2.15. The van der Waals surface area contributed by atoms with Gasteiger partial charge in [0.15, 0.2) is 5.52 Å². The fraction of sp³-hybridized carbons (Fsp3) is 0.560. The van der Waals surface area contributed by atoms with E-state index in [0.29, 0.717) is 60.5 Å². The van der Waals surface area contributed by atoms with Crippen LogP contribution in [0.2, 0.25) is 0 Å². The highest BCUT2D eigenvalue weighted by Crippen LogP contribution is 2.32. The highest BCUT2D eigenvalue weighted by atomic mass is 32.2. The van der Waals surface area contributed by atoms with Gasteiger partial charge in [0.2, 0.25) is 10.0 Å². The molecule has 0 unspecified atom stereocenters. The summed E-state index contributed by atoms with van der Waals surface area (Å²) >= 11 is 0. The maximum absolute atomic E-state index is 13.6. The van der Waals surface area contributed by atoms with Crippen molar-refractivity contribution in [1.82, 2.24) is 24.1 Å². The molecule has 12 heteroatoms. The van der Waals surface area contributed by atoms with E-state index in [-0.39, 0.29) is 36.0 Å². The van der Waals surface area contributed by atoms with Crippen LogP contribution in [0.5, 0.6) is 5.75 Å². The lowest BCUT2D eigenvalue weighted by atomic mass is 10.1. The van der Waals surface area contributed by atoms with Gasteiger partial charge in [-0.05, 0) is 43.9 Å². The lowest BCUT2D eigenvalue weighted by molar-refractivity contribution is 0.185. The van der Waals surface area contributed by atoms with Gasteiger partial charge >= 0.3 is 0 Å². The Morgan fingerprint density at radius 3 is 2.57 bits per heavy atom. The SMILES string of the molecule is CCCOc1ccc(S(=O)(=O)N(CCCO)CCCOC)cc1-c1nc2c(CCC)nn(C)c2c(=O)[nH]1. The number of aliphatic hydroxyl groups excluding tert-OH is 1. The van der Waals surface area contributed by atoms with Gasteiger partial charge in [-0.2, -0.15) is 9.40 Å². The van der Waals surface area contributed by atoms with Crippen LogP contribution < -0.4 is 10.3 Å². The molecule has 11 nitrogen and oxygen atoms in total. The number of aromatic nitrogens is 4. The average molecular weight is 536 g/mol. The summed E-state index contributed by atoms with van der Waals surface area (Å²) in [5, 5.41) is 13.8. The Kier molecular flexibility index (Phi) is 10.2. The van der Waals surface area contributed by atoms with E-state index in [2.05, 4.69) is 10.1 Å². The number of nitrogens with zero attached hydrogens (tertiary/aromatic N) is 4. The van der Waals surface area contributed by atoms with E-state index < -0.39 is 10.0 Å². The summed E-state index contributed by atoms with van der Waals surface area (Å²) in [5.74, 6) is 0.637. The Bertz CT molecular complexity index is 1350. The summed E-state index contributed by atoms with van der Waals surface area (Å²) in [7, 11) is -0.650. The molecular formula is C25H37N5O6S. The zero-order valence-corrected chi connectivity index (χ0v) is 22.8. The van der Waals surface area contributed by atoms with Crippen LogP contribution in [0.1, 0.15) is 45.2 Å². The van der Waals surface area contributed by atoms with Gasteiger partial charge in [0.05, 0.1) is 22.8 Å². The number of aliphatic hydroxyl groups is 1. The van der Waals surface area contributed by atoms with Crippen molar-refractivity contribution < 1.29 is 23.0 Å². The number of benzene rings is 1. The second-order valence-electron chi connectivity index (χ2n) is 8.77. The van der Waals surface area contributed by atoms with Gasteiger partial charge in [-0.3, -0.25) is 9.48 Å². The monoisotopic (exact) mass is 535 g/mol. The first-order valence-corrected chi connectivity index (χ1v) is 14.1. The minimum absolute atomic E-state index is 0.0458. The fourth-order valence-corrected chi connectivity index (χ4v) is 5.65. The number of rotatable bonds is 15. The number of fused-ring (bicyclic) bond motifs is 1. The molecule has 2 N–H and O–H groups in total. The molecule has 0 aliphatic heterocycles. The molecule has 0 spiro atoms. The maximum Gasteiger partial charge on any atom is 0.277 e. The molecule has 0 bridgehead atoms. The molecule has 0 amide bonds. The van der Waals surface area contributed by atoms with Crippen molar-refractivity contribution in [3.63, 3.8) is 0 Å². The van der Waals surface area contributed by atoms with Gasteiger partial charge in [-0.15, -0.1) is 0 Å². The molecule has 0 fully saturated rings. The Labute approximate surface area is 217 Å². The number of aromatic amines is 1. The summed E-state index contributed by atoms with van der Waals surface area (Å²) in [6.07, 6.45) is 3.06. The van der Waals surface area contributed by atoms with Crippen LogP contribution in [-0.4, -0.2) is 77.6 Å². The maximum atomic E-state index is 13.6. The van der Waals surface area contributed by atoms with Gasteiger partial charge in [0, 0.05) is 40.5 Å². The number of nitrogens with one attached hydrogen (secondary N) is 1. The van der Waals surface area contributed by atoms with E-state index in [1.165, 1.54) is 21.1 Å². The first-order chi connectivity index (χ1) is 17.8. The third-order valence-corrected chi connectivity index (χ3v) is 7.77. The van der Waals surface area contributed by atoms with E-state index in [1.807, 2.05) is 13.8 Å². The van der Waals surface area contributed by atoms with Gasteiger partial charge in [-0.1, -0.05) is 20.3 Å². The minimum atomic E-state index is -3.91. The summed E-state index contributed by atoms with van der Waals surface area (Å²) in [5.41, 5.74) is 1.57. The van der Waals surface area contributed by atoms with E-state index in [4.69, 9.17) is 14.5 Å². The molecule has 0 aliphatic rings. The van der Waals surface area contributed by atoms with Crippen LogP contribution in [0.25, 0.3) is 22.4 Å². The lowest BCUT2D eigenvalue weighted by Crippen LogP contribution is -2.34. The van der Waals surface area contributed by atoms with Gasteiger partial charge in [0.25, 0.3) is 5.56 Å². The first kappa shape index (κ1) is 28.8. The second kappa shape index (κ2) is 13.1. The summed E-state index contributed by atoms with van der Waals surface area (Å²) < 4.78 is 41.1. The average Bonchev–Trinajstić information content (AvgIpc) is 3.20. The molecule has 3 aromatic rings. The molecule has 1 aromatic carbocycles. The smallest absolute Gasteiger partial charge is 0.277 e. The number of aryl methyl sites for hydroxylation is 2. The second-order valence-corrected chi connectivity index (χ2v) is 10.7. The molecule has 0 radical (unpaired) electrons. The van der Waals surface area contributed by atoms with E-state index in [1.54, 1.807) is 20.2 Å². The minimum Gasteiger partial charge on any atom is -0.493 e. The zero-order valence-electron chi connectivity index (χ0n) is 22.0. The van der Waals surface area contributed by atoms with E-state index in [9.17, 15) is 18.3 Å². The molecule has 204 valence electrons. The summed E-state index contributed by atoms with van der Waals surface area (Å²) in [6, 6.07) is 4.58. The predicted molar refractivity (Wildman–Crippen MR) is 141 cm³/mol. The Hall–Kier alpha value is -2.80. The quantitative estimate of drug-likeness (QED) is 0.283. The highest BCUT2D eigenvalue weighted by molar-refractivity contribution is 7.89. The summed E-state index contributed by atoms with van der Waals surface area (Å²) in [6.45, 7) is 5.11. The third kappa shape index (κ3) is 6.56. The molecule has 2 heterocycles. The molecule has 0 aliphatic carbocycles. The first-order valence-electron chi connectivity index (χ1n) is 12.6. The van der Waals surface area contributed by atoms with Crippen molar-refractivity contribution in [2.45, 2.75) is 50.8 Å². The van der Waals surface area contributed by atoms with E-state index in [0.717, 1.165) is 12.8 Å². The molecule has 3 rings (SSSR count). The van der Waals surface area contributed by atoms with Crippen molar-refractivity contribution in [3.05, 3.63) is 34.2 Å². The van der Waals surface area contributed by atoms with Crippen molar-refractivity contribution in [2.75, 3.05) is 40.0 Å². The molecular weight excluding hydrogens is 498 g/mol.